The highest BCUT2D eigenvalue weighted by atomic mass is 16.5. The van der Waals surface area contributed by atoms with Crippen LogP contribution in [-0.2, 0) is 23.8 Å². The van der Waals surface area contributed by atoms with Crippen molar-refractivity contribution in [3.63, 3.8) is 0 Å². The molecule has 1 amide bonds. The minimum atomic E-state index is -0.143. The van der Waals surface area contributed by atoms with E-state index >= 15 is 0 Å². The van der Waals surface area contributed by atoms with Gasteiger partial charge in [0.1, 0.15) is 6.61 Å². The largest absolute Gasteiger partial charge is 0.469 e. The summed E-state index contributed by atoms with van der Waals surface area (Å²) < 4.78 is 15.1. The number of esters is 1. The Morgan fingerprint density at radius 2 is 1.84 bits per heavy atom. The number of nitrogens with one attached hydrogen (secondary N) is 1. The van der Waals surface area contributed by atoms with E-state index in [0.29, 0.717) is 13.2 Å². The van der Waals surface area contributed by atoms with Gasteiger partial charge in [0, 0.05) is 13.7 Å². The average Bonchev–Trinajstić information content (AvgIpc) is 2.45. The summed E-state index contributed by atoms with van der Waals surface area (Å²) in [6, 6.07) is 0. The Hall–Kier alpha value is -1.14. The van der Waals surface area contributed by atoms with E-state index in [4.69, 9.17) is 14.2 Å². The molecule has 0 atom stereocenters. The number of rotatable bonds is 7. The number of hydrogen-bond acceptors (Lipinski definition) is 5. The minimum absolute atomic E-state index is 0.0135. The van der Waals surface area contributed by atoms with Crippen LogP contribution in [0, 0.1) is 5.92 Å². The lowest BCUT2D eigenvalue weighted by atomic mass is 9.87. The molecule has 0 radical (unpaired) electrons. The normalized spacial score (nSPS) is 22.8. The third kappa shape index (κ3) is 6.02. The first-order valence-electron chi connectivity index (χ1n) is 6.62. The van der Waals surface area contributed by atoms with E-state index in [1.165, 1.54) is 7.11 Å². The first-order chi connectivity index (χ1) is 9.17. The molecule has 6 nitrogen and oxygen atoms in total. The van der Waals surface area contributed by atoms with Crippen LogP contribution in [-0.4, -0.2) is 52.0 Å². The van der Waals surface area contributed by atoms with Crippen LogP contribution in [0.25, 0.3) is 0 Å². The average molecular weight is 273 g/mol. The highest BCUT2D eigenvalue weighted by Gasteiger charge is 2.27. The van der Waals surface area contributed by atoms with E-state index in [9.17, 15) is 9.59 Å². The summed E-state index contributed by atoms with van der Waals surface area (Å²) in [5, 5.41) is 2.70. The minimum Gasteiger partial charge on any atom is -0.469 e. The zero-order valence-electron chi connectivity index (χ0n) is 11.6. The molecule has 1 saturated carbocycles. The lowest BCUT2D eigenvalue weighted by molar-refractivity contribution is -0.148. The zero-order valence-corrected chi connectivity index (χ0v) is 11.6. The third-order valence-corrected chi connectivity index (χ3v) is 3.29. The Labute approximate surface area is 113 Å². The number of carbonyl (C=O) groups excluding carboxylic acids is 2. The summed E-state index contributed by atoms with van der Waals surface area (Å²) in [5.41, 5.74) is 0. The predicted octanol–water partition coefficient (Wildman–Crippen LogP) is 0.497. The summed E-state index contributed by atoms with van der Waals surface area (Å²) >= 11 is 0. The molecule has 0 aliphatic heterocycles. The first-order valence-corrected chi connectivity index (χ1v) is 6.62. The maximum absolute atomic E-state index is 11.4. The predicted molar refractivity (Wildman–Crippen MR) is 68.6 cm³/mol. The van der Waals surface area contributed by atoms with E-state index in [0.717, 1.165) is 25.7 Å². The van der Waals surface area contributed by atoms with Crippen LogP contribution in [0.5, 0.6) is 0 Å². The fourth-order valence-electron chi connectivity index (χ4n) is 2.17. The van der Waals surface area contributed by atoms with Crippen LogP contribution in [0.1, 0.15) is 25.7 Å². The second kappa shape index (κ2) is 8.87. The van der Waals surface area contributed by atoms with Crippen molar-refractivity contribution < 1.29 is 23.8 Å². The van der Waals surface area contributed by atoms with Crippen molar-refractivity contribution >= 4 is 11.9 Å². The first kappa shape index (κ1) is 15.9. The second-order valence-corrected chi connectivity index (χ2v) is 4.65. The monoisotopic (exact) mass is 273 g/mol. The van der Waals surface area contributed by atoms with Crippen molar-refractivity contribution in [2.45, 2.75) is 31.8 Å². The van der Waals surface area contributed by atoms with Crippen LogP contribution in [0.4, 0.5) is 0 Å². The highest BCUT2D eigenvalue weighted by molar-refractivity contribution is 5.77. The quantitative estimate of drug-likeness (QED) is 0.540. The van der Waals surface area contributed by atoms with Gasteiger partial charge in [0.25, 0.3) is 0 Å². The number of carbonyl (C=O) groups is 2. The zero-order chi connectivity index (χ0) is 14.1. The van der Waals surface area contributed by atoms with Gasteiger partial charge < -0.3 is 19.5 Å². The Kier molecular flexibility index (Phi) is 7.43. The van der Waals surface area contributed by atoms with Gasteiger partial charge in [0.05, 0.1) is 25.7 Å². The molecule has 0 bridgehead atoms. The molecule has 0 aromatic rings. The Morgan fingerprint density at radius 1 is 1.16 bits per heavy atom. The third-order valence-electron chi connectivity index (χ3n) is 3.29. The fourth-order valence-corrected chi connectivity index (χ4v) is 2.17. The van der Waals surface area contributed by atoms with Crippen LogP contribution in [0.2, 0.25) is 0 Å². The van der Waals surface area contributed by atoms with Gasteiger partial charge in [-0.15, -0.1) is 0 Å². The van der Waals surface area contributed by atoms with Gasteiger partial charge in [-0.1, -0.05) is 0 Å². The molecule has 0 spiro atoms. The summed E-state index contributed by atoms with van der Waals surface area (Å²) in [4.78, 5) is 22.8. The van der Waals surface area contributed by atoms with E-state index < -0.39 is 0 Å². The Bertz CT molecular complexity index is 287. The second-order valence-electron chi connectivity index (χ2n) is 4.65. The maximum atomic E-state index is 11.4. The number of amides is 1. The van der Waals surface area contributed by atoms with Gasteiger partial charge in [-0.05, 0) is 25.7 Å². The van der Waals surface area contributed by atoms with E-state index in [1.807, 2.05) is 0 Å². The lowest BCUT2D eigenvalue weighted by Crippen LogP contribution is -2.33. The number of ether oxygens (including phenoxy) is 3. The van der Waals surface area contributed by atoms with E-state index in [-0.39, 0.29) is 30.5 Å². The molecule has 110 valence electrons. The molecule has 0 aromatic heterocycles. The number of hydrogen-bond donors (Lipinski definition) is 1. The smallest absolute Gasteiger partial charge is 0.308 e. The molecule has 1 fully saturated rings. The highest BCUT2D eigenvalue weighted by Crippen LogP contribution is 2.26. The van der Waals surface area contributed by atoms with Crippen molar-refractivity contribution in [1.29, 1.82) is 0 Å². The van der Waals surface area contributed by atoms with Crippen molar-refractivity contribution in [3.8, 4) is 0 Å². The molecule has 1 rings (SSSR count). The van der Waals surface area contributed by atoms with Crippen LogP contribution >= 0.6 is 0 Å². The summed E-state index contributed by atoms with van der Waals surface area (Å²) in [5.74, 6) is -0.289. The fraction of sp³-hybridized carbons (Fsp3) is 0.846. The molecule has 0 saturated heterocycles. The van der Waals surface area contributed by atoms with Crippen LogP contribution in [0.3, 0.4) is 0 Å². The molecular weight excluding hydrogens is 250 g/mol. The van der Waals surface area contributed by atoms with Crippen LogP contribution in [0.15, 0.2) is 0 Å². The van der Waals surface area contributed by atoms with E-state index in [2.05, 4.69) is 5.32 Å². The van der Waals surface area contributed by atoms with Crippen LogP contribution < -0.4 is 5.32 Å². The molecule has 6 heteroatoms. The molecule has 1 aliphatic rings. The molecule has 0 unspecified atom stereocenters. The molecule has 1 N–H and O–H groups in total. The topological polar surface area (TPSA) is 73.9 Å². The van der Waals surface area contributed by atoms with Gasteiger partial charge in [0.15, 0.2) is 0 Å². The summed E-state index contributed by atoms with van der Waals surface area (Å²) in [6.45, 7) is 1.06. The number of methoxy groups -OCH3 is 2. The Balaban J connectivity index is 2.12. The van der Waals surface area contributed by atoms with E-state index in [1.54, 1.807) is 7.11 Å². The van der Waals surface area contributed by atoms with Gasteiger partial charge in [-0.2, -0.15) is 0 Å². The molecule has 1 aliphatic carbocycles. The van der Waals surface area contributed by atoms with Crippen molar-refractivity contribution in [3.05, 3.63) is 0 Å². The van der Waals surface area contributed by atoms with Crippen molar-refractivity contribution in [2.24, 2.45) is 5.92 Å². The molecule has 0 aromatic carbocycles. The molecule has 19 heavy (non-hydrogen) atoms. The molecule has 0 heterocycles. The summed E-state index contributed by atoms with van der Waals surface area (Å²) in [7, 11) is 3.00. The lowest BCUT2D eigenvalue weighted by Gasteiger charge is -2.26. The van der Waals surface area contributed by atoms with Gasteiger partial charge in [-0.25, -0.2) is 0 Å². The molecular formula is C13H23NO5. The standard InChI is InChI=1S/C13H23NO5/c1-17-8-7-14-12(15)9-19-11-5-3-10(4-6-11)13(16)18-2/h10-11H,3-9H2,1-2H3,(H,14,15). The maximum Gasteiger partial charge on any atom is 0.308 e. The van der Waals surface area contributed by atoms with Gasteiger partial charge >= 0.3 is 5.97 Å². The SMILES string of the molecule is COCCNC(=O)COC1CCC(C(=O)OC)CC1. The van der Waals surface area contributed by atoms with Crippen molar-refractivity contribution in [2.75, 3.05) is 34.0 Å². The van der Waals surface area contributed by atoms with Gasteiger partial charge in [-0.3, -0.25) is 9.59 Å². The van der Waals surface area contributed by atoms with Crippen molar-refractivity contribution in [1.82, 2.24) is 5.32 Å². The van der Waals surface area contributed by atoms with Gasteiger partial charge in [0.2, 0.25) is 5.91 Å². The summed E-state index contributed by atoms with van der Waals surface area (Å²) in [6.07, 6.45) is 3.19. The Morgan fingerprint density at radius 3 is 2.42 bits per heavy atom.